The minimum absolute atomic E-state index is 0.623. The van der Waals surface area contributed by atoms with Crippen LogP contribution in [0.1, 0.15) is 33.1 Å². The molecule has 2 fully saturated rings. The second-order valence-corrected chi connectivity index (χ2v) is 6.40. The molecule has 1 N–H and O–H groups in total. The summed E-state index contributed by atoms with van der Waals surface area (Å²) in [4.78, 5) is 7.22. The summed E-state index contributed by atoms with van der Waals surface area (Å²) in [6, 6.07) is 0.623. The maximum atomic E-state index is 4.66. The summed E-state index contributed by atoms with van der Waals surface area (Å²) < 4.78 is 0. The molecule has 4 heteroatoms. The van der Waals surface area contributed by atoms with E-state index in [1.165, 1.54) is 49.8 Å². The number of likely N-dealkylation sites (tertiary alicyclic amines) is 1. The second kappa shape index (κ2) is 6.64. The number of thioether (sulfide) groups is 1. The van der Waals surface area contributed by atoms with E-state index >= 15 is 0 Å². The van der Waals surface area contributed by atoms with Crippen LogP contribution in [0.2, 0.25) is 0 Å². The highest BCUT2D eigenvalue weighted by Crippen LogP contribution is 2.19. The lowest BCUT2D eigenvalue weighted by molar-refractivity contribution is 0.336. The van der Waals surface area contributed by atoms with E-state index in [4.69, 9.17) is 0 Å². The molecule has 2 saturated heterocycles. The van der Waals surface area contributed by atoms with Crippen LogP contribution in [0, 0.1) is 5.92 Å². The van der Waals surface area contributed by atoms with Gasteiger partial charge in [0.1, 0.15) is 0 Å². The highest BCUT2D eigenvalue weighted by Gasteiger charge is 2.22. The summed E-state index contributed by atoms with van der Waals surface area (Å²) >= 11 is 1.89. The van der Waals surface area contributed by atoms with Crippen molar-refractivity contribution in [2.75, 3.05) is 31.9 Å². The Kier molecular flexibility index (Phi) is 5.16. The number of aliphatic imine (C=N–C) groups is 1. The van der Waals surface area contributed by atoms with E-state index in [2.05, 4.69) is 29.1 Å². The topological polar surface area (TPSA) is 27.6 Å². The summed E-state index contributed by atoms with van der Waals surface area (Å²) in [5, 5.41) is 4.69. The average Bonchev–Trinajstić information content (AvgIpc) is 2.96. The molecule has 0 aromatic carbocycles. The fourth-order valence-electron chi connectivity index (χ4n) is 2.34. The smallest absolute Gasteiger partial charge is 0.156 e. The highest BCUT2D eigenvalue weighted by molar-refractivity contribution is 8.14. The van der Waals surface area contributed by atoms with Gasteiger partial charge in [-0.15, -0.1) is 0 Å². The van der Waals surface area contributed by atoms with Crippen LogP contribution in [-0.2, 0) is 0 Å². The third-order valence-corrected chi connectivity index (χ3v) is 4.65. The third-order valence-electron chi connectivity index (χ3n) is 3.60. The lowest BCUT2D eigenvalue weighted by Crippen LogP contribution is -2.31. The first-order chi connectivity index (χ1) is 8.25. The summed E-state index contributed by atoms with van der Waals surface area (Å²) in [5.74, 6) is 1.89. The van der Waals surface area contributed by atoms with Gasteiger partial charge in [0.05, 0.1) is 0 Å². The molecule has 2 heterocycles. The zero-order chi connectivity index (χ0) is 12.1. The number of hydrogen-bond acceptors (Lipinski definition) is 3. The van der Waals surface area contributed by atoms with Crippen molar-refractivity contribution in [1.82, 2.24) is 10.2 Å². The standard InChI is InChI=1S/C13H25N3S/c1-11(2)12-10-17-13(15-12)14-6-5-9-16-7-3-4-8-16/h11-12H,3-10H2,1-2H3,(H,14,15)/t12-/m1/s1. The van der Waals surface area contributed by atoms with E-state index in [1.54, 1.807) is 0 Å². The van der Waals surface area contributed by atoms with Gasteiger partial charge in [0.15, 0.2) is 5.17 Å². The number of rotatable bonds is 5. The monoisotopic (exact) mass is 255 g/mol. The summed E-state index contributed by atoms with van der Waals surface area (Å²) in [7, 11) is 0. The van der Waals surface area contributed by atoms with Crippen molar-refractivity contribution in [1.29, 1.82) is 0 Å². The molecule has 2 aliphatic heterocycles. The predicted octanol–water partition coefficient (Wildman–Crippen LogP) is 2.19. The van der Waals surface area contributed by atoms with Crippen LogP contribution in [0.25, 0.3) is 0 Å². The van der Waals surface area contributed by atoms with E-state index in [1.807, 2.05) is 11.8 Å². The van der Waals surface area contributed by atoms with E-state index in [-0.39, 0.29) is 0 Å². The molecule has 98 valence electrons. The highest BCUT2D eigenvalue weighted by atomic mass is 32.2. The summed E-state index contributed by atoms with van der Waals surface area (Å²) in [5.41, 5.74) is 0. The van der Waals surface area contributed by atoms with Crippen LogP contribution >= 0.6 is 11.8 Å². The number of nitrogens with zero attached hydrogens (tertiary/aromatic N) is 2. The Hall–Kier alpha value is -0.220. The molecule has 0 bridgehead atoms. The van der Waals surface area contributed by atoms with Gasteiger partial charge in [0, 0.05) is 18.3 Å². The maximum absolute atomic E-state index is 4.66. The van der Waals surface area contributed by atoms with Crippen LogP contribution < -0.4 is 5.32 Å². The molecule has 0 spiro atoms. The Morgan fingerprint density at radius 1 is 1.41 bits per heavy atom. The zero-order valence-electron chi connectivity index (χ0n) is 11.1. The summed E-state index contributed by atoms with van der Waals surface area (Å²) in [6.45, 7) is 9.37. The van der Waals surface area contributed by atoms with Crippen molar-refractivity contribution < 1.29 is 0 Å². The molecule has 0 aromatic heterocycles. The lowest BCUT2D eigenvalue weighted by atomic mass is 10.1. The van der Waals surface area contributed by atoms with E-state index in [0.29, 0.717) is 12.0 Å². The first-order valence-electron chi connectivity index (χ1n) is 6.92. The Morgan fingerprint density at radius 2 is 2.18 bits per heavy atom. The molecule has 1 atom stereocenters. The average molecular weight is 255 g/mol. The van der Waals surface area contributed by atoms with Gasteiger partial charge in [-0.05, 0) is 44.8 Å². The van der Waals surface area contributed by atoms with Gasteiger partial charge in [-0.1, -0.05) is 25.6 Å². The van der Waals surface area contributed by atoms with Gasteiger partial charge in [0.25, 0.3) is 0 Å². The van der Waals surface area contributed by atoms with Crippen molar-refractivity contribution in [3.63, 3.8) is 0 Å². The first kappa shape index (κ1) is 13.2. The number of nitrogens with one attached hydrogen (secondary N) is 1. The first-order valence-corrected chi connectivity index (χ1v) is 7.90. The van der Waals surface area contributed by atoms with E-state index in [0.717, 1.165) is 6.54 Å². The lowest BCUT2D eigenvalue weighted by Gasteiger charge is -2.14. The van der Waals surface area contributed by atoms with Gasteiger partial charge < -0.3 is 10.2 Å². The SMILES string of the molecule is CC(C)[C@H]1CSC(=NCCCN2CCCC2)N1. The van der Waals surface area contributed by atoms with Crippen molar-refractivity contribution in [3.8, 4) is 0 Å². The Bertz CT molecular complexity index is 259. The van der Waals surface area contributed by atoms with Crippen LogP contribution in [0.15, 0.2) is 4.99 Å². The Balaban J connectivity index is 1.60. The fraction of sp³-hybridized carbons (Fsp3) is 0.923. The number of hydrogen-bond donors (Lipinski definition) is 1. The maximum Gasteiger partial charge on any atom is 0.156 e. The van der Waals surface area contributed by atoms with Gasteiger partial charge in [-0.25, -0.2) is 0 Å². The van der Waals surface area contributed by atoms with Crippen LogP contribution in [-0.4, -0.2) is 48.0 Å². The zero-order valence-corrected chi connectivity index (χ0v) is 11.9. The largest absolute Gasteiger partial charge is 0.361 e. The van der Waals surface area contributed by atoms with Gasteiger partial charge in [-0.2, -0.15) is 0 Å². The molecule has 17 heavy (non-hydrogen) atoms. The Morgan fingerprint density at radius 3 is 2.82 bits per heavy atom. The molecular weight excluding hydrogens is 230 g/mol. The normalized spacial score (nSPS) is 28.2. The molecule has 0 aliphatic carbocycles. The molecule has 0 radical (unpaired) electrons. The fourth-order valence-corrected chi connectivity index (χ4v) is 3.57. The second-order valence-electron chi connectivity index (χ2n) is 5.40. The molecule has 2 rings (SSSR count). The minimum Gasteiger partial charge on any atom is -0.361 e. The molecular formula is C13H25N3S. The van der Waals surface area contributed by atoms with Crippen LogP contribution in [0.5, 0.6) is 0 Å². The molecule has 0 saturated carbocycles. The molecule has 0 aromatic rings. The molecule has 0 unspecified atom stereocenters. The van der Waals surface area contributed by atoms with Crippen LogP contribution in [0.3, 0.4) is 0 Å². The molecule has 2 aliphatic rings. The predicted molar refractivity (Wildman–Crippen MR) is 76.8 cm³/mol. The number of amidine groups is 1. The summed E-state index contributed by atoms with van der Waals surface area (Å²) in [6.07, 6.45) is 3.99. The van der Waals surface area contributed by atoms with Crippen LogP contribution in [0.4, 0.5) is 0 Å². The van der Waals surface area contributed by atoms with Crippen molar-refractivity contribution in [2.45, 2.75) is 39.2 Å². The quantitative estimate of drug-likeness (QED) is 0.763. The van der Waals surface area contributed by atoms with Gasteiger partial charge >= 0.3 is 0 Å². The minimum atomic E-state index is 0.623. The van der Waals surface area contributed by atoms with Crippen molar-refractivity contribution in [2.24, 2.45) is 10.9 Å². The van der Waals surface area contributed by atoms with Crippen molar-refractivity contribution in [3.05, 3.63) is 0 Å². The van der Waals surface area contributed by atoms with Crippen molar-refractivity contribution >= 4 is 16.9 Å². The van der Waals surface area contributed by atoms with Gasteiger partial charge in [0.2, 0.25) is 0 Å². The van der Waals surface area contributed by atoms with E-state index < -0.39 is 0 Å². The van der Waals surface area contributed by atoms with Gasteiger partial charge in [-0.3, -0.25) is 4.99 Å². The Labute approximate surface area is 109 Å². The molecule has 0 amide bonds. The molecule has 3 nitrogen and oxygen atoms in total. The van der Waals surface area contributed by atoms with E-state index in [9.17, 15) is 0 Å². The third kappa shape index (κ3) is 4.18.